The number of nitrogens with one attached hydrogen (secondary N) is 2. The number of piperidine rings is 2. The van der Waals surface area contributed by atoms with Crippen molar-refractivity contribution in [3.8, 4) is 0 Å². The number of ether oxygens (including phenoxy) is 1. The first-order valence-corrected chi connectivity index (χ1v) is 10.5. The minimum Gasteiger partial charge on any atom is -0.444 e. The molecule has 24 heavy (non-hydrogen) atoms. The topological polar surface area (TPSA) is 53.6 Å². The molecular weight excluding hydrogens is 322 g/mol. The first-order chi connectivity index (χ1) is 11.4. The second-order valence-electron chi connectivity index (χ2n) is 8.55. The summed E-state index contributed by atoms with van der Waals surface area (Å²) in [4.78, 5) is 12.0. The Kier molecular flexibility index (Phi) is 5.98. The van der Waals surface area contributed by atoms with Crippen molar-refractivity contribution in [1.29, 1.82) is 0 Å². The molecule has 2 atom stereocenters. The van der Waals surface area contributed by atoms with Gasteiger partial charge in [0.15, 0.2) is 0 Å². The van der Waals surface area contributed by atoms with Gasteiger partial charge in [0, 0.05) is 23.9 Å². The molecule has 2 N–H and O–H groups in total. The molecule has 0 aromatic heterocycles. The molecule has 3 fully saturated rings. The molecule has 1 amide bonds. The van der Waals surface area contributed by atoms with Crippen molar-refractivity contribution < 1.29 is 9.53 Å². The Morgan fingerprint density at radius 1 is 1.17 bits per heavy atom. The van der Waals surface area contributed by atoms with Crippen molar-refractivity contribution in [2.45, 2.75) is 83.0 Å². The number of nitrogens with zero attached hydrogens (tertiary/aromatic N) is 1. The molecule has 138 valence electrons. The Morgan fingerprint density at radius 2 is 1.79 bits per heavy atom. The van der Waals surface area contributed by atoms with Gasteiger partial charge in [-0.2, -0.15) is 0 Å². The SMILES string of the molecule is CC(C)(C)OC(=O)NC1CC2CCC(C1)N2SCC1CCNCC1. The van der Waals surface area contributed by atoms with Crippen molar-refractivity contribution >= 4 is 18.0 Å². The summed E-state index contributed by atoms with van der Waals surface area (Å²) >= 11 is 2.08. The number of hydrogen-bond acceptors (Lipinski definition) is 5. The monoisotopic (exact) mass is 355 g/mol. The number of fused-ring (bicyclic) bond motifs is 2. The summed E-state index contributed by atoms with van der Waals surface area (Å²) in [5.41, 5.74) is -0.422. The highest BCUT2D eigenvalue weighted by Gasteiger charge is 2.42. The fraction of sp³-hybridized carbons (Fsp3) is 0.944. The first kappa shape index (κ1) is 18.3. The van der Waals surface area contributed by atoms with E-state index in [1.165, 1.54) is 44.5 Å². The van der Waals surface area contributed by atoms with Crippen LogP contribution in [-0.2, 0) is 4.74 Å². The van der Waals surface area contributed by atoms with Crippen LogP contribution in [0.2, 0.25) is 0 Å². The van der Waals surface area contributed by atoms with E-state index in [0.29, 0.717) is 12.1 Å². The molecular formula is C18H33N3O2S. The fourth-order valence-corrected chi connectivity index (χ4v) is 5.70. The Hall–Kier alpha value is -0.460. The zero-order valence-corrected chi connectivity index (χ0v) is 16.2. The maximum Gasteiger partial charge on any atom is 0.407 e. The van der Waals surface area contributed by atoms with Gasteiger partial charge in [0.2, 0.25) is 0 Å². The molecule has 0 saturated carbocycles. The maximum absolute atomic E-state index is 12.0. The molecule has 2 unspecified atom stereocenters. The highest BCUT2D eigenvalue weighted by molar-refractivity contribution is 7.97. The molecule has 0 aromatic carbocycles. The summed E-state index contributed by atoms with van der Waals surface area (Å²) in [5, 5.41) is 6.54. The van der Waals surface area contributed by atoms with E-state index in [-0.39, 0.29) is 12.1 Å². The number of rotatable bonds is 4. The van der Waals surface area contributed by atoms with Gasteiger partial charge in [0.25, 0.3) is 0 Å². The summed E-state index contributed by atoms with van der Waals surface area (Å²) in [6.45, 7) is 8.10. The van der Waals surface area contributed by atoms with E-state index in [1.54, 1.807) is 0 Å². The third kappa shape index (κ3) is 5.02. The van der Waals surface area contributed by atoms with Gasteiger partial charge in [0.05, 0.1) is 0 Å². The van der Waals surface area contributed by atoms with Gasteiger partial charge in [-0.15, -0.1) is 0 Å². The number of carbonyl (C=O) groups is 1. The molecule has 0 aromatic rings. The zero-order chi connectivity index (χ0) is 17.2. The van der Waals surface area contributed by atoms with Crippen molar-refractivity contribution in [2.24, 2.45) is 5.92 Å². The van der Waals surface area contributed by atoms with E-state index in [0.717, 1.165) is 18.8 Å². The lowest BCUT2D eigenvalue weighted by Crippen LogP contribution is -2.49. The number of hydrogen-bond donors (Lipinski definition) is 2. The van der Waals surface area contributed by atoms with Gasteiger partial charge < -0.3 is 15.4 Å². The van der Waals surface area contributed by atoms with Crippen molar-refractivity contribution in [3.63, 3.8) is 0 Å². The lowest BCUT2D eigenvalue weighted by molar-refractivity contribution is 0.0478. The highest BCUT2D eigenvalue weighted by atomic mass is 32.2. The van der Waals surface area contributed by atoms with Crippen LogP contribution >= 0.6 is 11.9 Å². The summed E-state index contributed by atoms with van der Waals surface area (Å²) < 4.78 is 8.07. The van der Waals surface area contributed by atoms with Gasteiger partial charge in [-0.3, -0.25) is 0 Å². The Labute approximate surface area is 150 Å². The molecule has 0 aliphatic carbocycles. The Balaban J connectivity index is 1.44. The third-order valence-corrected chi connectivity index (χ3v) is 6.82. The summed E-state index contributed by atoms with van der Waals surface area (Å²) in [5.74, 6) is 2.13. The summed E-state index contributed by atoms with van der Waals surface area (Å²) in [6, 6.07) is 1.51. The number of alkyl carbamates (subject to hydrolysis) is 1. The normalized spacial score (nSPS) is 31.9. The number of carbonyl (C=O) groups excluding carboxylic acids is 1. The van der Waals surface area contributed by atoms with E-state index in [4.69, 9.17) is 4.74 Å². The van der Waals surface area contributed by atoms with E-state index in [9.17, 15) is 4.79 Å². The molecule has 2 bridgehead atoms. The Morgan fingerprint density at radius 3 is 2.38 bits per heavy atom. The number of amides is 1. The van der Waals surface area contributed by atoms with Crippen LogP contribution in [0.25, 0.3) is 0 Å². The van der Waals surface area contributed by atoms with Crippen LogP contribution in [0, 0.1) is 5.92 Å². The van der Waals surface area contributed by atoms with Crippen LogP contribution in [-0.4, -0.2) is 53.0 Å². The molecule has 6 heteroatoms. The van der Waals surface area contributed by atoms with Gasteiger partial charge in [-0.05, 0) is 78.3 Å². The third-order valence-electron chi connectivity index (χ3n) is 5.30. The lowest BCUT2D eigenvalue weighted by Gasteiger charge is -2.39. The van der Waals surface area contributed by atoms with E-state index in [2.05, 4.69) is 26.9 Å². The molecule has 3 heterocycles. The molecule has 3 rings (SSSR count). The second-order valence-corrected chi connectivity index (χ2v) is 9.56. The standard InChI is InChI=1S/C18H33N3O2S/c1-18(2,3)23-17(22)20-14-10-15-4-5-16(11-14)21(15)24-12-13-6-8-19-9-7-13/h13-16,19H,4-12H2,1-3H3,(H,20,22). The molecule has 3 saturated heterocycles. The van der Waals surface area contributed by atoms with Gasteiger partial charge in [0.1, 0.15) is 5.60 Å². The lowest BCUT2D eigenvalue weighted by atomic mass is 10.00. The maximum atomic E-state index is 12.0. The van der Waals surface area contributed by atoms with Crippen LogP contribution in [0.3, 0.4) is 0 Å². The molecule has 3 aliphatic heterocycles. The predicted octanol–water partition coefficient (Wildman–Crippen LogP) is 3.15. The van der Waals surface area contributed by atoms with Gasteiger partial charge in [-0.1, -0.05) is 11.9 Å². The quantitative estimate of drug-likeness (QED) is 0.759. The fourth-order valence-electron chi connectivity index (χ4n) is 4.18. The molecule has 0 spiro atoms. The van der Waals surface area contributed by atoms with Crippen LogP contribution in [0.15, 0.2) is 0 Å². The largest absolute Gasteiger partial charge is 0.444 e. The first-order valence-electron chi connectivity index (χ1n) is 9.52. The molecule has 5 nitrogen and oxygen atoms in total. The van der Waals surface area contributed by atoms with Crippen LogP contribution in [0.4, 0.5) is 4.79 Å². The van der Waals surface area contributed by atoms with E-state index >= 15 is 0 Å². The average Bonchev–Trinajstić information content (AvgIpc) is 2.73. The zero-order valence-electron chi connectivity index (χ0n) is 15.3. The van der Waals surface area contributed by atoms with Gasteiger partial charge >= 0.3 is 6.09 Å². The summed E-state index contributed by atoms with van der Waals surface area (Å²) in [6.07, 6.45) is 7.05. The van der Waals surface area contributed by atoms with Crippen molar-refractivity contribution in [3.05, 3.63) is 0 Å². The van der Waals surface area contributed by atoms with Crippen LogP contribution in [0.1, 0.15) is 59.3 Å². The molecule has 3 aliphatic rings. The van der Waals surface area contributed by atoms with E-state index < -0.39 is 5.60 Å². The predicted molar refractivity (Wildman–Crippen MR) is 99.1 cm³/mol. The minimum absolute atomic E-state index is 0.261. The second kappa shape index (κ2) is 7.83. The average molecular weight is 356 g/mol. The highest BCUT2D eigenvalue weighted by Crippen LogP contribution is 2.41. The smallest absolute Gasteiger partial charge is 0.407 e. The molecule has 0 radical (unpaired) electrons. The van der Waals surface area contributed by atoms with Crippen molar-refractivity contribution in [2.75, 3.05) is 18.8 Å². The van der Waals surface area contributed by atoms with Gasteiger partial charge in [-0.25, -0.2) is 9.10 Å². The van der Waals surface area contributed by atoms with Crippen LogP contribution in [0.5, 0.6) is 0 Å². The summed E-state index contributed by atoms with van der Waals surface area (Å²) in [7, 11) is 0. The van der Waals surface area contributed by atoms with E-state index in [1.807, 2.05) is 20.8 Å². The van der Waals surface area contributed by atoms with Crippen LogP contribution < -0.4 is 10.6 Å². The Bertz CT molecular complexity index is 420. The minimum atomic E-state index is -0.422. The van der Waals surface area contributed by atoms with Crippen molar-refractivity contribution in [1.82, 2.24) is 14.9 Å².